The summed E-state index contributed by atoms with van der Waals surface area (Å²) < 4.78 is 29.5. The van der Waals surface area contributed by atoms with E-state index in [0.717, 1.165) is 6.20 Å². The Morgan fingerprint density at radius 2 is 2.31 bits per heavy atom. The van der Waals surface area contributed by atoms with Gasteiger partial charge in [-0.2, -0.15) is 4.39 Å². The summed E-state index contributed by atoms with van der Waals surface area (Å²) in [6.45, 7) is 0. The molecule has 0 N–H and O–H groups in total. The Bertz CT molecular complexity index is 328. The first-order chi connectivity index (χ1) is 6.13. The Morgan fingerprint density at radius 3 is 2.85 bits per heavy atom. The molecule has 70 valence electrons. The highest BCUT2D eigenvalue weighted by Gasteiger charge is 2.09. The predicted molar refractivity (Wildman–Crippen MR) is 39.9 cm³/mol. The van der Waals surface area contributed by atoms with E-state index >= 15 is 0 Å². The van der Waals surface area contributed by atoms with Crippen LogP contribution in [-0.4, -0.2) is 18.1 Å². The van der Waals surface area contributed by atoms with Gasteiger partial charge in [-0.3, -0.25) is 4.79 Å². The molecule has 0 saturated carbocycles. The van der Waals surface area contributed by atoms with Crippen LogP contribution < -0.4 is 0 Å². The van der Waals surface area contributed by atoms with Crippen LogP contribution in [0.4, 0.5) is 8.78 Å². The van der Waals surface area contributed by atoms with E-state index < -0.39 is 17.7 Å². The highest BCUT2D eigenvalue weighted by molar-refractivity contribution is 5.72. The molecule has 0 saturated heterocycles. The second-order valence-electron chi connectivity index (χ2n) is 2.35. The summed E-state index contributed by atoms with van der Waals surface area (Å²) in [6.07, 6.45) is 0.733. The number of hydrogen-bond acceptors (Lipinski definition) is 3. The molecule has 13 heavy (non-hydrogen) atoms. The minimum Gasteiger partial charge on any atom is -0.469 e. The van der Waals surface area contributed by atoms with Gasteiger partial charge in [-0.25, -0.2) is 9.37 Å². The van der Waals surface area contributed by atoms with E-state index in [4.69, 9.17) is 0 Å². The molecule has 0 aliphatic carbocycles. The van der Waals surface area contributed by atoms with Crippen molar-refractivity contribution in [3.8, 4) is 0 Å². The number of carbonyl (C=O) groups excluding carboxylic acids is 1. The third-order valence-corrected chi connectivity index (χ3v) is 1.46. The summed E-state index contributed by atoms with van der Waals surface area (Å²) in [6, 6.07) is 0.623. The molecule has 1 aromatic heterocycles. The molecular weight excluding hydrogens is 180 g/mol. The van der Waals surface area contributed by atoms with E-state index in [1.165, 1.54) is 7.11 Å². The Balaban J connectivity index is 2.83. The maximum atomic E-state index is 12.9. The van der Waals surface area contributed by atoms with Crippen LogP contribution in [0.1, 0.15) is 5.56 Å². The minimum absolute atomic E-state index is 0.0215. The SMILES string of the molecule is COC(=O)Cc1cnc(F)cc1F. The van der Waals surface area contributed by atoms with E-state index in [2.05, 4.69) is 9.72 Å². The third-order valence-electron chi connectivity index (χ3n) is 1.46. The molecular formula is C8H7F2NO2. The van der Waals surface area contributed by atoms with E-state index in [1.54, 1.807) is 0 Å². The molecule has 0 spiro atoms. The molecule has 0 bridgehead atoms. The van der Waals surface area contributed by atoms with Crippen LogP contribution in [0, 0.1) is 11.8 Å². The number of nitrogens with zero attached hydrogens (tertiary/aromatic N) is 1. The fraction of sp³-hybridized carbons (Fsp3) is 0.250. The summed E-state index contributed by atoms with van der Waals surface area (Å²) in [7, 11) is 1.19. The van der Waals surface area contributed by atoms with Crippen molar-refractivity contribution in [2.24, 2.45) is 0 Å². The largest absolute Gasteiger partial charge is 0.469 e. The van der Waals surface area contributed by atoms with Crippen molar-refractivity contribution in [1.29, 1.82) is 0 Å². The zero-order chi connectivity index (χ0) is 9.84. The molecule has 3 nitrogen and oxygen atoms in total. The quantitative estimate of drug-likeness (QED) is 0.513. The number of ether oxygens (including phenoxy) is 1. The second-order valence-corrected chi connectivity index (χ2v) is 2.35. The van der Waals surface area contributed by atoms with Gasteiger partial charge in [0.25, 0.3) is 0 Å². The molecule has 0 unspecified atom stereocenters. The van der Waals surface area contributed by atoms with Crippen LogP contribution in [0.3, 0.4) is 0 Å². The van der Waals surface area contributed by atoms with Crippen molar-refractivity contribution in [2.75, 3.05) is 7.11 Å². The third kappa shape index (κ3) is 2.47. The zero-order valence-corrected chi connectivity index (χ0v) is 6.88. The van der Waals surface area contributed by atoms with Crippen LogP contribution in [0.2, 0.25) is 0 Å². The number of carbonyl (C=O) groups is 1. The van der Waals surface area contributed by atoms with Gasteiger partial charge in [-0.05, 0) is 0 Å². The Hall–Kier alpha value is -1.52. The number of aromatic nitrogens is 1. The van der Waals surface area contributed by atoms with Crippen molar-refractivity contribution >= 4 is 5.97 Å². The van der Waals surface area contributed by atoms with Crippen molar-refractivity contribution in [3.63, 3.8) is 0 Å². The molecule has 0 amide bonds. The highest BCUT2D eigenvalue weighted by atomic mass is 19.1. The topological polar surface area (TPSA) is 39.2 Å². The fourth-order valence-electron chi connectivity index (χ4n) is 0.794. The van der Waals surface area contributed by atoms with Gasteiger partial charge in [0, 0.05) is 17.8 Å². The average Bonchev–Trinajstić information content (AvgIpc) is 2.09. The lowest BCUT2D eigenvalue weighted by molar-refractivity contribution is -0.139. The minimum atomic E-state index is -0.911. The van der Waals surface area contributed by atoms with Gasteiger partial charge in [0.2, 0.25) is 5.95 Å². The van der Waals surface area contributed by atoms with Gasteiger partial charge in [-0.1, -0.05) is 0 Å². The van der Waals surface area contributed by atoms with Crippen LogP contribution in [0.25, 0.3) is 0 Å². The van der Waals surface area contributed by atoms with Crippen molar-refractivity contribution < 1.29 is 18.3 Å². The predicted octanol–water partition coefficient (Wildman–Crippen LogP) is 1.08. The van der Waals surface area contributed by atoms with Crippen molar-refractivity contribution in [3.05, 3.63) is 29.6 Å². The maximum Gasteiger partial charge on any atom is 0.310 e. The average molecular weight is 187 g/mol. The van der Waals surface area contributed by atoms with Crippen LogP contribution in [0.5, 0.6) is 0 Å². The van der Waals surface area contributed by atoms with Crippen LogP contribution in [-0.2, 0) is 16.0 Å². The molecule has 0 aromatic carbocycles. The Kier molecular flexibility index (Phi) is 2.89. The molecule has 5 heteroatoms. The van der Waals surface area contributed by atoms with Crippen molar-refractivity contribution in [1.82, 2.24) is 4.98 Å². The standard InChI is InChI=1S/C8H7F2NO2/c1-13-8(12)2-5-4-11-7(10)3-6(5)9/h3-4H,2H2,1H3. The van der Waals surface area contributed by atoms with Gasteiger partial charge < -0.3 is 4.74 Å². The molecule has 0 aliphatic heterocycles. The number of rotatable bonds is 2. The van der Waals surface area contributed by atoms with Gasteiger partial charge in [0.1, 0.15) is 5.82 Å². The molecule has 0 aliphatic rings. The van der Waals surface area contributed by atoms with E-state index in [-0.39, 0.29) is 12.0 Å². The molecule has 1 heterocycles. The van der Waals surface area contributed by atoms with E-state index in [9.17, 15) is 13.6 Å². The zero-order valence-electron chi connectivity index (χ0n) is 6.88. The Labute approximate surface area is 73.4 Å². The van der Waals surface area contributed by atoms with E-state index in [0.29, 0.717) is 6.07 Å². The summed E-state index contributed by atoms with van der Waals surface area (Å²) in [5, 5.41) is 0. The second kappa shape index (κ2) is 3.93. The first-order valence-corrected chi connectivity index (χ1v) is 3.50. The molecule has 0 radical (unpaired) electrons. The number of halogens is 2. The van der Waals surface area contributed by atoms with Crippen LogP contribution in [0.15, 0.2) is 12.3 Å². The monoisotopic (exact) mass is 187 g/mol. The number of esters is 1. The normalized spacial score (nSPS) is 9.77. The number of methoxy groups -OCH3 is 1. The molecule has 1 rings (SSSR count). The maximum absolute atomic E-state index is 12.9. The smallest absolute Gasteiger partial charge is 0.310 e. The first kappa shape index (κ1) is 9.57. The molecule has 1 aromatic rings. The summed E-state index contributed by atoms with van der Waals surface area (Å²) >= 11 is 0. The summed E-state index contributed by atoms with van der Waals surface area (Å²) in [4.78, 5) is 13.9. The number of pyridine rings is 1. The van der Waals surface area contributed by atoms with E-state index in [1.807, 2.05) is 0 Å². The van der Waals surface area contributed by atoms with Crippen molar-refractivity contribution in [2.45, 2.75) is 6.42 Å². The van der Waals surface area contributed by atoms with Gasteiger partial charge in [0.15, 0.2) is 0 Å². The van der Waals surface area contributed by atoms with Gasteiger partial charge >= 0.3 is 5.97 Å². The lowest BCUT2D eigenvalue weighted by Gasteiger charge is -2.00. The lowest BCUT2D eigenvalue weighted by atomic mass is 10.2. The van der Waals surface area contributed by atoms with Crippen LogP contribution >= 0.6 is 0 Å². The number of hydrogen-bond donors (Lipinski definition) is 0. The van der Waals surface area contributed by atoms with Gasteiger partial charge in [0.05, 0.1) is 13.5 Å². The first-order valence-electron chi connectivity index (χ1n) is 3.50. The highest BCUT2D eigenvalue weighted by Crippen LogP contribution is 2.07. The van der Waals surface area contributed by atoms with Gasteiger partial charge in [-0.15, -0.1) is 0 Å². The summed E-state index contributed by atoms with van der Waals surface area (Å²) in [5.74, 6) is -2.30. The molecule has 0 atom stereocenters. The summed E-state index contributed by atoms with van der Waals surface area (Å²) in [5.41, 5.74) is 0.0215. The fourth-order valence-corrected chi connectivity index (χ4v) is 0.794. The lowest BCUT2D eigenvalue weighted by Crippen LogP contribution is -2.07. The molecule has 0 fully saturated rings. The Morgan fingerprint density at radius 1 is 1.62 bits per heavy atom.